The van der Waals surface area contributed by atoms with E-state index in [2.05, 4.69) is 5.32 Å². The summed E-state index contributed by atoms with van der Waals surface area (Å²) >= 11 is 5.88. The third kappa shape index (κ3) is 3.87. The van der Waals surface area contributed by atoms with Crippen LogP contribution in [0.2, 0.25) is 5.02 Å². The molecule has 1 heterocycles. The number of aromatic hydroxyl groups is 1. The molecule has 0 radical (unpaired) electrons. The summed E-state index contributed by atoms with van der Waals surface area (Å²) in [6.45, 7) is 2.31. The van der Waals surface area contributed by atoms with Gasteiger partial charge in [0.2, 0.25) is 0 Å². The van der Waals surface area contributed by atoms with Crippen molar-refractivity contribution in [3.8, 4) is 5.75 Å². The van der Waals surface area contributed by atoms with Gasteiger partial charge >= 0.3 is 0 Å². The van der Waals surface area contributed by atoms with Gasteiger partial charge in [-0.25, -0.2) is 0 Å². The van der Waals surface area contributed by atoms with Crippen LogP contribution in [0, 0.1) is 0 Å². The first-order chi connectivity index (χ1) is 8.25. The van der Waals surface area contributed by atoms with Crippen molar-refractivity contribution in [1.29, 1.82) is 0 Å². The van der Waals surface area contributed by atoms with Gasteiger partial charge < -0.3 is 15.2 Å². The molecule has 0 aromatic heterocycles. The van der Waals surface area contributed by atoms with E-state index in [0.717, 1.165) is 25.1 Å². The lowest BCUT2D eigenvalue weighted by atomic mass is 10.1. The molecule has 1 aliphatic heterocycles. The molecule has 0 aliphatic carbocycles. The summed E-state index contributed by atoms with van der Waals surface area (Å²) < 4.78 is 5.62. The fourth-order valence-corrected chi connectivity index (χ4v) is 2.23. The van der Waals surface area contributed by atoms with E-state index >= 15 is 0 Å². The van der Waals surface area contributed by atoms with Gasteiger partial charge in [-0.15, -0.1) is 0 Å². The maximum absolute atomic E-state index is 9.64. The van der Waals surface area contributed by atoms with Gasteiger partial charge in [0.15, 0.2) is 0 Å². The Kier molecular flexibility index (Phi) is 4.66. The largest absolute Gasteiger partial charge is 0.508 e. The molecule has 0 amide bonds. The zero-order valence-electron chi connectivity index (χ0n) is 9.79. The SMILES string of the molecule is Oc1ccc(Cl)cc1CNCC1CCCCO1. The Morgan fingerprint density at radius 3 is 3.06 bits per heavy atom. The van der Waals surface area contributed by atoms with Crippen LogP contribution >= 0.6 is 11.6 Å². The second-order valence-electron chi connectivity index (χ2n) is 4.39. The Morgan fingerprint density at radius 2 is 2.29 bits per heavy atom. The highest BCUT2D eigenvalue weighted by atomic mass is 35.5. The number of hydrogen-bond donors (Lipinski definition) is 2. The van der Waals surface area contributed by atoms with Gasteiger partial charge in [0, 0.05) is 30.3 Å². The van der Waals surface area contributed by atoms with Crippen LogP contribution in [0.5, 0.6) is 5.75 Å². The normalized spacial score (nSPS) is 20.4. The average Bonchev–Trinajstić information content (AvgIpc) is 2.35. The topological polar surface area (TPSA) is 41.5 Å². The van der Waals surface area contributed by atoms with Crippen molar-refractivity contribution in [3.05, 3.63) is 28.8 Å². The van der Waals surface area contributed by atoms with Crippen molar-refractivity contribution in [2.45, 2.75) is 31.9 Å². The lowest BCUT2D eigenvalue weighted by Gasteiger charge is -2.22. The molecule has 1 unspecified atom stereocenters. The van der Waals surface area contributed by atoms with Crippen LogP contribution in [0.25, 0.3) is 0 Å². The molecule has 4 heteroatoms. The van der Waals surface area contributed by atoms with E-state index in [9.17, 15) is 5.11 Å². The third-order valence-corrected chi connectivity index (χ3v) is 3.24. The summed E-state index contributed by atoms with van der Waals surface area (Å²) in [7, 11) is 0. The highest BCUT2D eigenvalue weighted by Crippen LogP contribution is 2.21. The first-order valence-corrected chi connectivity index (χ1v) is 6.43. The maximum atomic E-state index is 9.64. The average molecular weight is 256 g/mol. The summed E-state index contributed by atoms with van der Waals surface area (Å²) in [4.78, 5) is 0. The van der Waals surface area contributed by atoms with Crippen molar-refractivity contribution >= 4 is 11.6 Å². The van der Waals surface area contributed by atoms with Crippen LogP contribution in [-0.2, 0) is 11.3 Å². The quantitative estimate of drug-likeness (QED) is 0.869. The van der Waals surface area contributed by atoms with Crippen LogP contribution in [0.3, 0.4) is 0 Å². The number of rotatable bonds is 4. The van der Waals surface area contributed by atoms with Gasteiger partial charge in [0.25, 0.3) is 0 Å². The van der Waals surface area contributed by atoms with E-state index in [4.69, 9.17) is 16.3 Å². The molecular formula is C13H18ClNO2. The number of benzene rings is 1. The summed E-state index contributed by atoms with van der Waals surface area (Å²) in [5.41, 5.74) is 0.827. The van der Waals surface area contributed by atoms with E-state index in [0.29, 0.717) is 17.7 Å². The molecule has 17 heavy (non-hydrogen) atoms. The summed E-state index contributed by atoms with van der Waals surface area (Å²) in [5.74, 6) is 0.284. The number of nitrogens with one attached hydrogen (secondary N) is 1. The van der Waals surface area contributed by atoms with Crippen molar-refractivity contribution in [2.75, 3.05) is 13.2 Å². The van der Waals surface area contributed by atoms with Crippen LogP contribution in [0.4, 0.5) is 0 Å². The zero-order chi connectivity index (χ0) is 12.1. The molecule has 2 N–H and O–H groups in total. The number of phenolic OH excluding ortho intramolecular Hbond substituents is 1. The molecule has 0 bridgehead atoms. The van der Waals surface area contributed by atoms with Gasteiger partial charge in [-0.1, -0.05) is 11.6 Å². The van der Waals surface area contributed by atoms with Crippen LogP contribution in [0.15, 0.2) is 18.2 Å². The summed E-state index contributed by atoms with van der Waals surface area (Å²) in [6, 6.07) is 5.09. The third-order valence-electron chi connectivity index (χ3n) is 3.00. The van der Waals surface area contributed by atoms with Gasteiger partial charge in [-0.3, -0.25) is 0 Å². The standard InChI is InChI=1S/C13H18ClNO2/c14-11-4-5-13(16)10(7-11)8-15-9-12-3-1-2-6-17-12/h4-5,7,12,15-16H,1-3,6,8-9H2. The molecular weight excluding hydrogens is 238 g/mol. The predicted molar refractivity (Wildman–Crippen MR) is 68.4 cm³/mol. The number of hydrogen-bond acceptors (Lipinski definition) is 3. The fraction of sp³-hybridized carbons (Fsp3) is 0.538. The Bertz CT molecular complexity index is 364. The lowest BCUT2D eigenvalue weighted by Crippen LogP contribution is -2.31. The fourth-order valence-electron chi connectivity index (χ4n) is 2.03. The minimum atomic E-state index is 0.284. The monoisotopic (exact) mass is 255 g/mol. The highest BCUT2D eigenvalue weighted by molar-refractivity contribution is 6.30. The van der Waals surface area contributed by atoms with Gasteiger partial charge in [-0.05, 0) is 37.5 Å². The molecule has 1 aliphatic rings. The number of halogens is 1. The zero-order valence-corrected chi connectivity index (χ0v) is 10.5. The maximum Gasteiger partial charge on any atom is 0.120 e. The minimum absolute atomic E-state index is 0.284. The molecule has 0 spiro atoms. The molecule has 1 atom stereocenters. The van der Waals surface area contributed by atoms with Gasteiger partial charge in [0.1, 0.15) is 5.75 Å². The van der Waals surface area contributed by atoms with E-state index in [1.54, 1.807) is 18.2 Å². The molecule has 2 rings (SSSR count). The van der Waals surface area contributed by atoms with Crippen LogP contribution < -0.4 is 5.32 Å². The van der Waals surface area contributed by atoms with E-state index in [1.165, 1.54) is 12.8 Å². The van der Waals surface area contributed by atoms with Crippen molar-refractivity contribution in [3.63, 3.8) is 0 Å². The van der Waals surface area contributed by atoms with E-state index in [-0.39, 0.29) is 5.75 Å². The second kappa shape index (κ2) is 6.24. The van der Waals surface area contributed by atoms with Gasteiger partial charge in [0.05, 0.1) is 6.10 Å². The first-order valence-electron chi connectivity index (χ1n) is 6.05. The lowest BCUT2D eigenvalue weighted by molar-refractivity contribution is 0.0167. The Hall–Kier alpha value is -0.770. The van der Waals surface area contributed by atoms with Crippen molar-refractivity contribution < 1.29 is 9.84 Å². The highest BCUT2D eigenvalue weighted by Gasteiger charge is 2.13. The van der Waals surface area contributed by atoms with Crippen LogP contribution in [-0.4, -0.2) is 24.4 Å². The Morgan fingerprint density at radius 1 is 1.41 bits per heavy atom. The molecule has 3 nitrogen and oxygen atoms in total. The second-order valence-corrected chi connectivity index (χ2v) is 4.83. The van der Waals surface area contributed by atoms with Crippen molar-refractivity contribution in [1.82, 2.24) is 5.32 Å². The molecule has 1 aromatic rings. The summed E-state index contributed by atoms with van der Waals surface area (Å²) in [5, 5.41) is 13.6. The molecule has 0 saturated carbocycles. The Labute approximate surface area is 107 Å². The molecule has 1 saturated heterocycles. The van der Waals surface area contributed by atoms with Crippen LogP contribution in [0.1, 0.15) is 24.8 Å². The van der Waals surface area contributed by atoms with E-state index < -0.39 is 0 Å². The van der Waals surface area contributed by atoms with Crippen molar-refractivity contribution in [2.24, 2.45) is 0 Å². The minimum Gasteiger partial charge on any atom is -0.508 e. The number of ether oxygens (including phenoxy) is 1. The first kappa shape index (κ1) is 12.7. The predicted octanol–water partition coefficient (Wildman–Crippen LogP) is 2.70. The molecule has 1 fully saturated rings. The smallest absolute Gasteiger partial charge is 0.120 e. The molecule has 1 aromatic carbocycles. The summed E-state index contributed by atoms with van der Waals surface area (Å²) in [6.07, 6.45) is 3.85. The Balaban J connectivity index is 1.79. The van der Waals surface area contributed by atoms with E-state index in [1.807, 2.05) is 0 Å². The number of phenols is 1. The molecule has 94 valence electrons. The van der Waals surface area contributed by atoms with Gasteiger partial charge in [-0.2, -0.15) is 0 Å².